The average molecular weight is 448 g/mol. The van der Waals surface area contributed by atoms with E-state index in [9.17, 15) is 24.2 Å². The molecule has 0 bridgehead atoms. The third-order valence-corrected chi connectivity index (χ3v) is 6.68. The maximum absolute atomic E-state index is 12.8. The highest BCUT2D eigenvalue weighted by Crippen LogP contribution is 2.48. The Morgan fingerprint density at radius 3 is 2.48 bits per heavy atom. The van der Waals surface area contributed by atoms with Gasteiger partial charge < -0.3 is 31.1 Å². The van der Waals surface area contributed by atoms with Gasteiger partial charge in [-0.2, -0.15) is 0 Å². The Balaban J connectivity index is 2.04. The van der Waals surface area contributed by atoms with E-state index in [0.29, 0.717) is 5.69 Å². The Morgan fingerprint density at radius 2 is 1.87 bits per heavy atom. The highest BCUT2D eigenvalue weighted by molar-refractivity contribution is 7.58. The highest BCUT2D eigenvalue weighted by Gasteiger charge is 2.35. The Labute approximate surface area is 179 Å². The van der Waals surface area contributed by atoms with E-state index in [1.165, 1.54) is 19.1 Å². The van der Waals surface area contributed by atoms with E-state index in [4.69, 9.17) is 15.9 Å². The van der Waals surface area contributed by atoms with Gasteiger partial charge in [0.1, 0.15) is 12.4 Å². The Hall–Kier alpha value is -3.36. The first-order valence-electron chi connectivity index (χ1n) is 9.31. The van der Waals surface area contributed by atoms with Crippen LogP contribution in [0.4, 0.5) is 10.5 Å². The topological polar surface area (TPSA) is 175 Å². The first-order chi connectivity index (χ1) is 14.6. The summed E-state index contributed by atoms with van der Waals surface area (Å²) in [5.41, 5.74) is 6.66. The lowest BCUT2D eigenvalue weighted by Crippen LogP contribution is -2.34. The summed E-state index contributed by atoms with van der Waals surface area (Å²) in [5.74, 6) is -4.16. The van der Waals surface area contributed by atoms with Gasteiger partial charge in [0, 0.05) is 11.8 Å². The van der Waals surface area contributed by atoms with Crippen LogP contribution in [0.25, 0.3) is 0 Å². The number of carbonyl (C=O) groups is 2. The molecule has 7 N–H and O–H groups in total. The van der Waals surface area contributed by atoms with Crippen LogP contribution in [-0.4, -0.2) is 40.0 Å². The predicted molar refractivity (Wildman–Crippen MR) is 116 cm³/mol. The molecular weight excluding hydrogens is 423 g/mol. The van der Waals surface area contributed by atoms with Crippen molar-refractivity contribution in [3.8, 4) is 0 Å². The largest absolute Gasteiger partial charge is 0.481 e. The first-order valence-corrected chi connectivity index (χ1v) is 11.2. The van der Waals surface area contributed by atoms with Crippen LogP contribution < -0.4 is 16.4 Å². The number of carboxylic acids is 1. The minimum Gasteiger partial charge on any atom is -0.481 e. The number of amides is 1. The number of guanidine groups is 1. The molecule has 2 aromatic carbocycles. The molecule has 0 saturated heterocycles. The van der Waals surface area contributed by atoms with Crippen molar-refractivity contribution in [1.82, 2.24) is 5.32 Å². The van der Waals surface area contributed by atoms with Gasteiger partial charge in [-0.1, -0.05) is 42.5 Å². The van der Waals surface area contributed by atoms with Crippen LogP contribution in [0, 0.1) is 5.41 Å². The van der Waals surface area contributed by atoms with Crippen LogP contribution in [0.2, 0.25) is 0 Å². The summed E-state index contributed by atoms with van der Waals surface area (Å²) in [7, 11) is -4.13. The van der Waals surface area contributed by atoms with Crippen molar-refractivity contribution in [3.63, 3.8) is 0 Å². The van der Waals surface area contributed by atoms with Crippen LogP contribution in [0.1, 0.15) is 24.0 Å². The number of hydrogen-bond donors (Lipinski definition) is 6. The molecule has 0 heterocycles. The molecule has 31 heavy (non-hydrogen) atoms. The molecule has 0 aliphatic rings. The van der Waals surface area contributed by atoms with Crippen LogP contribution in [0.3, 0.4) is 0 Å². The summed E-state index contributed by atoms with van der Waals surface area (Å²) >= 11 is 0. The summed E-state index contributed by atoms with van der Waals surface area (Å²) in [5, 5.41) is 21.7. The average Bonchev–Trinajstić information content (AvgIpc) is 2.70. The molecule has 2 aromatic rings. The van der Waals surface area contributed by atoms with Crippen LogP contribution in [-0.2, 0) is 20.7 Å². The van der Waals surface area contributed by atoms with Gasteiger partial charge in [0.25, 0.3) is 0 Å². The van der Waals surface area contributed by atoms with Crippen LogP contribution in [0.5, 0.6) is 0 Å². The summed E-state index contributed by atoms with van der Waals surface area (Å²) in [6.45, 7) is 1.31. The lowest BCUT2D eigenvalue weighted by molar-refractivity contribution is -0.138. The summed E-state index contributed by atoms with van der Waals surface area (Å²) in [4.78, 5) is 34.2. The lowest BCUT2D eigenvalue weighted by atomic mass is 10.0. The molecule has 1 amide bonds. The molecule has 2 rings (SSSR count). The predicted octanol–water partition coefficient (Wildman–Crippen LogP) is 2.70. The Morgan fingerprint density at radius 1 is 1.19 bits per heavy atom. The molecule has 0 spiro atoms. The number of hydrogen-bond acceptors (Lipinski definition) is 5. The van der Waals surface area contributed by atoms with Gasteiger partial charge in [-0.3, -0.25) is 14.8 Å². The van der Waals surface area contributed by atoms with Crippen molar-refractivity contribution in [1.29, 1.82) is 5.41 Å². The second-order valence-corrected chi connectivity index (χ2v) is 9.53. The molecular formula is C20H25N4O6P. The van der Waals surface area contributed by atoms with Gasteiger partial charge in [0.15, 0.2) is 5.96 Å². The normalized spacial score (nSPS) is 14.5. The Kier molecular flexibility index (Phi) is 8.18. The monoisotopic (exact) mass is 448 g/mol. The van der Waals surface area contributed by atoms with Gasteiger partial charge in [0.2, 0.25) is 7.37 Å². The maximum atomic E-state index is 12.8. The van der Waals surface area contributed by atoms with E-state index < -0.39 is 37.3 Å². The van der Waals surface area contributed by atoms with Crippen molar-refractivity contribution in [3.05, 3.63) is 65.7 Å². The summed E-state index contributed by atoms with van der Waals surface area (Å²) in [6, 6.07) is 15.0. The third kappa shape index (κ3) is 7.44. The van der Waals surface area contributed by atoms with Crippen molar-refractivity contribution >= 4 is 31.1 Å². The fraction of sp³-hybridized carbons (Fsp3) is 0.250. The van der Waals surface area contributed by atoms with Gasteiger partial charge in [0.05, 0.1) is 5.92 Å². The number of nitrogens with two attached hydrogens (primary N) is 1. The Bertz CT molecular complexity index is 985. The van der Waals surface area contributed by atoms with E-state index in [1.54, 1.807) is 36.4 Å². The number of benzene rings is 2. The maximum Gasteiger partial charge on any atom is 0.408 e. The number of aliphatic carboxylic acids is 1. The minimum atomic E-state index is -4.13. The molecule has 0 saturated carbocycles. The van der Waals surface area contributed by atoms with E-state index in [0.717, 1.165) is 5.56 Å². The quantitative estimate of drug-likeness (QED) is 0.193. The fourth-order valence-corrected chi connectivity index (χ4v) is 4.28. The number of alkyl carbamates (subject to hydrolysis) is 1. The standard InChI is InChI=1S/C20H25N4O6P/c1-13(23-20(27)30-11-14-6-3-2-4-7-14)31(28,29)12-17(18(25)26)15-8-5-9-16(10-15)24-19(21)22/h2-10,13,17H,11-12H2,1H3,(H,23,27)(H,25,26)(H,28,29)(H4,21,22,24). The van der Waals surface area contributed by atoms with Gasteiger partial charge >= 0.3 is 12.1 Å². The van der Waals surface area contributed by atoms with Crippen molar-refractivity contribution in [2.24, 2.45) is 5.73 Å². The number of carbonyl (C=O) groups excluding carboxylic acids is 1. The molecule has 0 radical (unpaired) electrons. The van der Waals surface area contributed by atoms with Gasteiger partial charge in [-0.05, 0) is 30.2 Å². The first kappa shape index (κ1) is 23.9. The number of anilines is 1. The van der Waals surface area contributed by atoms with Gasteiger partial charge in [-0.25, -0.2) is 4.79 Å². The summed E-state index contributed by atoms with van der Waals surface area (Å²) < 4.78 is 17.9. The second-order valence-electron chi connectivity index (χ2n) is 6.88. The lowest BCUT2D eigenvalue weighted by Gasteiger charge is -2.23. The van der Waals surface area contributed by atoms with E-state index in [2.05, 4.69) is 10.6 Å². The zero-order chi connectivity index (χ0) is 23.0. The smallest absolute Gasteiger partial charge is 0.408 e. The van der Waals surface area contributed by atoms with E-state index in [1.807, 2.05) is 6.07 Å². The van der Waals surface area contributed by atoms with E-state index in [-0.39, 0.29) is 18.1 Å². The second kappa shape index (κ2) is 10.6. The SMILES string of the molecule is CC(NC(=O)OCc1ccccc1)P(=O)(O)CC(C(=O)O)c1cccc(NC(=N)N)c1. The van der Waals surface area contributed by atoms with Crippen LogP contribution in [0.15, 0.2) is 54.6 Å². The highest BCUT2D eigenvalue weighted by atomic mass is 31.2. The molecule has 0 aromatic heterocycles. The fourth-order valence-electron chi connectivity index (χ4n) is 2.77. The van der Waals surface area contributed by atoms with E-state index >= 15 is 0 Å². The summed E-state index contributed by atoms with van der Waals surface area (Å²) in [6.07, 6.45) is -1.49. The molecule has 0 aliphatic heterocycles. The number of ether oxygens (including phenoxy) is 1. The number of carboxylic acid groups (broad SMARTS) is 1. The number of rotatable bonds is 9. The molecule has 3 atom stereocenters. The zero-order valence-corrected chi connectivity index (χ0v) is 17.7. The minimum absolute atomic E-state index is 0.0111. The molecule has 0 fully saturated rings. The van der Waals surface area contributed by atoms with Gasteiger partial charge in [-0.15, -0.1) is 0 Å². The van der Waals surface area contributed by atoms with Crippen LogP contribution >= 0.6 is 7.37 Å². The molecule has 166 valence electrons. The molecule has 3 unspecified atom stereocenters. The molecule has 10 nitrogen and oxygen atoms in total. The van der Waals surface area contributed by atoms with Crippen molar-refractivity contribution in [2.45, 2.75) is 25.2 Å². The third-order valence-electron chi connectivity index (χ3n) is 4.45. The van der Waals surface area contributed by atoms with Crippen molar-refractivity contribution in [2.75, 3.05) is 11.5 Å². The molecule has 0 aliphatic carbocycles. The number of nitrogens with one attached hydrogen (secondary N) is 3. The van der Waals surface area contributed by atoms with Crippen molar-refractivity contribution < 1.29 is 28.9 Å². The zero-order valence-electron chi connectivity index (χ0n) is 16.8. The molecule has 11 heteroatoms.